The summed E-state index contributed by atoms with van der Waals surface area (Å²) < 4.78 is 0. The third kappa shape index (κ3) is 4.35. The van der Waals surface area contributed by atoms with Crippen molar-refractivity contribution in [2.75, 3.05) is 5.32 Å². The molecule has 3 aromatic rings. The maximum Gasteiger partial charge on any atom is 0.278 e. The molecular formula is C23H17ClN2O3S. The van der Waals surface area contributed by atoms with Crippen molar-refractivity contribution in [3.8, 4) is 5.75 Å². The number of imide groups is 1. The summed E-state index contributed by atoms with van der Waals surface area (Å²) in [4.78, 5) is 28.6. The summed E-state index contributed by atoms with van der Waals surface area (Å²) >= 11 is 7.16. The molecule has 30 heavy (non-hydrogen) atoms. The van der Waals surface area contributed by atoms with Gasteiger partial charge in [0.15, 0.2) is 0 Å². The maximum atomic E-state index is 13.2. The molecule has 0 saturated carbocycles. The number of nitrogens with one attached hydrogen (secondary N) is 1. The molecule has 0 unspecified atom stereocenters. The number of anilines is 1. The molecule has 0 fully saturated rings. The van der Waals surface area contributed by atoms with Crippen LogP contribution >= 0.6 is 23.4 Å². The quantitative estimate of drug-likeness (QED) is 0.530. The van der Waals surface area contributed by atoms with E-state index in [9.17, 15) is 14.7 Å². The van der Waals surface area contributed by atoms with Crippen molar-refractivity contribution in [1.82, 2.24) is 4.90 Å². The molecule has 2 amide bonds. The Hall–Kier alpha value is -3.22. The number of phenolic OH excluding ortho intramolecular Hbond substituents is 1. The molecule has 3 aromatic carbocycles. The molecular weight excluding hydrogens is 420 g/mol. The van der Waals surface area contributed by atoms with Crippen molar-refractivity contribution in [2.45, 2.75) is 11.4 Å². The molecule has 2 N–H and O–H groups in total. The van der Waals surface area contributed by atoms with Gasteiger partial charge in [-0.1, -0.05) is 59.8 Å². The molecule has 1 aliphatic rings. The number of halogens is 1. The highest BCUT2D eigenvalue weighted by atomic mass is 35.5. The van der Waals surface area contributed by atoms with E-state index in [0.717, 1.165) is 10.5 Å². The van der Waals surface area contributed by atoms with Gasteiger partial charge in [0.25, 0.3) is 11.8 Å². The number of carbonyl (C=O) groups excluding carboxylic acids is 2. The van der Waals surface area contributed by atoms with Gasteiger partial charge in [-0.3, -0.25) is 14.5 Å². The first-order valence-electron chi connectivity index (χ1n) is 9.15. The van der Waals surface area contributed by atoms with Crippen molar-refractivity contribution >= 4 is 40.9 Å². The molecule has 0 atom stereocenters. The summed E-state index contributed by atoms with van der Waals surface area (Å²) in [5.41, 5.74) is 1.55. The van der Waals surface area contributed by atoms with Crippen LogP contribution in [-0.2, 0) is 16.1 Å². The topological polar surface area (TPSA) is 69.6 Å². The van der Waals surface area contributed by atoms with Crippen LogP contribution in [0.25, 0.3) is 0 Å². The van der Waals surface area contributed by atoms with Gasteiger partial charge >= 0.3 is 0 Å². The number of nitrogens with zero attached hydrogens (tertiary/aromatic N) is 1. The van der Waals surface area contributed by atoms with Crippen LogP contribution in [0.15, 0.2) is 94.4 Å². The smallest absolute Gasteiger partial charge is 0.278 e. The first-order valence-corrected chi connectivity index (χ1v) is 10.3. The van der Waals surface area contributed by atoms with E-state index in [1.54, 1.807) is 36.4 Å². The van der Waals surface area contributed by atoms with Gasteiger partial charge in [-0.25, -0.2) is 0 Å². The van der Waals surface area contributed by atoms with Gasteiger partial charge in [-0.2, -0.15) is 0 Å². The van der Waals surface area contributed by atoms with Crippen LogP contribution in [0.2, 0.25) is 5.02 Å². The Morgan fingerprint density at radius 2 is 1.63 bits per heavy atom. The van der Waals surface area contributed by atoms with Crippen molar-refractivity contribution < 1.29 is 14.7 Å². The Labute approximate surface area is 183 Å². The van der Waals surface area contributed by atoms with E-state index in [-0.39, 0.29) is 23.9 Å². The summed E-state index contributed by atoms with van der Waals surface area (Å²) in [7, 11) is 0. The molecule has 4 rings (SSSR count). The molecule has 0 aromatic heterocycles. The second kappa shape index (κ2) is 8.65. The number of amides is 2. The van der Waals surface area contributed by atoms with E-state index < -0.39 is 5.91 Å². The van der Waals surface area contributed by atoms with E-state index in [1.165, 1.54) is 28.8 Å². The molecule has 1 heterocycles. The molecule has 150 valence electrons. The number of aromatic hydroxyl groups is 1. The van der Waals surface area contributed by atoms with Crippen LogP contribution in [-0.4, -0.2) is 21.8 Å². The first kappa shape index (κ1) is 20.1. The lowest BCUT2D eigenvalue weighted by molar-refractivity contribution is -0.137. The van der Waals surface area contributed by atoms with Gasteiger partial charge in [-0.05, 0) is 42.0 Å². The predicted molar refractivity (Wildman–Crippen MR) is 118 cm³/mol. The highest BCUT2D eigenvalue weighted by Gasteiger charge is 2.39. The van der Waals surface area contributed by atoms with Gasteiger partial charge < -0.3 is 10.4 Å². The zero-order chi connectivity index (χ0) is 21.1. The van der Waals surface area contributed by atoms with Gasteiger partial charge in [-0.15, -0.1) is 0 Å². The third-order valence-corrected chi connectivity index (χ3v) is 5.80. The van der Waals surface area contributed by atoms with E-state index in [2.05, 4.69) is 5.32 Å². The lowest BCUT2D eigenvalue weighted by Gasteiger charge is -2.15. The fourth-order valence-corrected chi connectivity index (χ4v) is 4.09. The zero-order valence-electron chi connectivity index (χ0n) is 15.7. The number of hydrogen-bond acceptors (Lipinski definition) is 5. The van der Waals surface area contributed by atoms with Crippen LogP contribution in [0.5, 0.6) is 5.75 Å². The fraction of sp³-hybridized carbons (Fsp3) is 0.0435. The largest absolute Gasteiger partial charge is 0.508 e. The molecule has 0 spiro atoms. The molecule has 5 nitrogen and oxygen atoms in total. The first-order chi connectivity index (χ1) is 14.5. The normalized spacial score (nSPS) is 13.8. The highest BCUT2D eigenvalue weighted by Crippen LogP contribution is 2.37. The Balaban J connectivity index is 1.68. The van der Waals surface area contributed by atoms with Crippen molar-refractivity contribution in [1.29, 1.82) is 0 Å². The van der Waals surface area contributed by atoms with E-state index in [0.29, 0.717) is 15.6 Å². The molecule has 0 radical (unpaired) electrons. The molecule has 0 bridgehead atoms. The third-order valence-electron chi connectivity index (χ3n) is 4.46. The SMILES string of the molecule is O=C1C(Nc2cccc(O)c2)=C(Sc2ccc(Cl)cc2)C(=O)N1Cc1ccccc1. The van der Waals surface area contributed by atoms with Crippen LogP contribution < -0.4 is 5.32 Å². The fourth-order valence-electron chi connectivity index (χ4n) is 3.02. The van der Waals surface area contributed by atoms with Gasteiger partial charge in [0.2, 0.25) is 0 Å². The number of rotatable bonds is 6. The minimum Gasteiger partial charge on any atom is -0.508 e. The number of carbonyl (C=O) groups is 2. The Morgan fingerprint density at radius 1 is 0.900 bits per heavy atom. The van der Waals surface area contributed by atoms with Gasteiger partial charge in [0.1, 0.15) is 16.4 Å². The summed E-state index contributed by atoms with van der Waals surface area (Å²) in [6.07, 6.45) is 0. The highest BCUT2D eigenvalue weighted by molar-refractivity contribution is 8.04. The van der Waals surface area contributed by atoms with E-state index in [4.69, 9.17) is 11.6 Å². The average molecular weight is 437 g/mol. The predicted octanol–water partition coefficient (Wildman–Crippen LogP) is 5.03. The van der Waals surface area contributed by atoms with E-state index >= 15 is 0 Å². The summed E-state index contributed by atoms with van der Waals surface area (Å²) in [6.45, 7) is 0.175. The number of benzene rings is 3. The van der Waals surface area contributed by atoms with Crippen LogP contribution in [0.1, 0.15) is 5.56 Å². The molecule has 0 aliphatic carbocycles. The van der Waals surface area contributed by atoms with Gasteiger partial charge in [0, 0.05) is 21.7 Å². The zero-order valence-corrected chi connectivity index (χ0v) is 17.3. The lowest BCUT2D eigenvalue weighted by Crippen LogP contribution is -2.31. The number of phenols is 1. The molecule has 0 saturated heterocycles. The number of hydrogen-bond donors (Lipinski definition) is 2. The monoisotopic (exact) mass is 436 g/mol. The minimum atomic E-state index is -0.413. The minimum absolute atomic E-state index is 0.0606. The van der Waals surface area contributed by atoms with Crippen molar-refractivity contribution in [3.05, 3.63) is 100 Å². The average Bonchev–Trinajstić information content (AvgIpc) is 2.95. The summed E-state index contributed by atoms with van der Waals surface area (Å²) in [6, 6.07) is 22.8. The van der Waals surface area contributed by atoms with Gasteiger partial charge in [0.05, 0.1) is 6.54 Å². The Bertz CT molecular complexity index is 1130. The van der Waals surface area contributed by atoms with Crippen LogP contribution in [0.3, 0.4) is 0 Å². The standard InChI is InChI=1S/C23H17ClN2O3S/c24-16-9-11-19(12-10-16)30-21-20(25-17-7-4-8-18(27)13-17)22(28)26(23(21)29)14-15-5-2-1-3-6-15/h1-13,25,27H,14H2. The number of thioether (sulfide) groups is 1. The molecule has 1 aliphatic heterocycles. The van der Waals surface area contributed by atoms with Crippen molar-refractivity contribution in [3.63, 3.8) is 0 Å². The van der Waals surface area contributed by atoms with E-state index in [1.807, 2.05) is 30.3 Å². The summed E-state index contributed by atoms with van der Waals surface area (Å²) in [5.74, 6) is -0.722. The maximum absolute atomic E-state index is 13.2. The van der Waals surface area contributed by atoms with Crippen LogP contribution in [0, 0.1) is 0 Å². The Morgan fingerprint density at radius 3 is 2.33 bits per heavy atom. The Kier molecular flexibility index (Phi) is 5.79. The van der Waals surface area contributed by atoms with Crippen LogP contribution in [0.4, 0.5) is 5.69 Å². The molecule has 7 heteroatoms. The summed E-state index contributed by atoms with van der Waals surface area (Å²) in [5, 5.41) is 13.4. The second-order valence-electron chi connectivity index (χ2n) is 6.62. The lowest BCUT2D eigenvalue weighted by atomic mass is 10.2. The van der Waals surface area contributed by atoms with Crippen molar-refractivity contribution in [2.24, 2.45) is 0 Å². The second-order valence-corrected chi connectivity index (χ2v) is 8.14.